The van der Waals surface area contributed by atoms with Crippen molar-refractivity contribution in [2.24, 2.45) is 11.1 Å². The molecule has 2 aliphatic rings. The molecule has 0 saturated heterocycles. The van der Waals surface area contributed by atoms with Gasteiger partial charge in [-0.15, -0.1) is 0 Å². The van der Waals surface area contributed by atoms with Crippen LogP contribution in [-0.2, 0) is 4.74 Å². The van der Waals surface area contributed by atoms with Crippen molar-refractivity contribution in [2.45, 2.75) is 64.0 Å². The van der Waals surface area contributed by atoms with Crippen molar-refractivity contribution < 1.29 is 9.53 Å². The van der Waals surface area contributed by atoms with E-state index >= 15 is 0 Å². The van der Waals surface area contributed by atoms with E-state index in [9.17, 15) is 4.79 Å². The number of hydrogen-bond donors (Lipinski definition) is 1. The summed E-state index contributed by atoms with van der Waals surface area (Å²) in [6, 6.07) is 10.7. The molecule has 2 fully saturated rings. The summed E-state index contributed by atoms with van der Waals surface area (Å²) in [5, 5.41) is 0. The number of benzene rings is 1. The van der Waals surface area contributed by atoms with Crippen molar-refractivity contribution in [1.29, 1.82) is 0 Å². The lowest BCUT2D eigenvalue weighted by Gasteiger charge is -2.44. The van der Waals surface area contributed by atoms with E-state index in [0.29, 0.717) is 12.5 Å². The second-order valence-electron chi connectivity index (χ2n) is 8.49. The Kier molecular flexibility index (Phi) is 4.60. The maximum atomic E-state index is 12.8. The largest absolute Gasteiger partial charge is 0.444 e. The van der Waals surface area contributed by atoms with E-state index in [1.54, 1.807) is 0 Å². The molecule has 3 rings (SSSR count). The van der Waals surface area contributed by atoms with Gasteiger partial charge in [-0.2, -0.15) is 0 Å². The molecule has 1 amide bonds. The van der Waals surface area contributed by atoms with Crippen LogP contribution in [0.15, 0.2) is 30.3 Å². The summed E-state index contributed by atoms with van der Waals surface area (Å²) in [4.78, 5) is 14.8. The molecule has 0 radical (unpaired) electrons. The fourth-order valence-corrected chi connectivity index (χ4v) is 3.69. The van der Waals surface area contributed by atoms with Crippen LogP contribution in [0.2, 0.25) is 0 Å². The quantitative estimate of drug-likeness (QED) is 0.890. The molecule has 0 heterocycles. The lowest BCUT2D eigenvalue weighted by molar-refractivity contribution is 0.00300. The Bertz CT molecular complexity index is 570. The molecule has 2 saturated carbocycles. The van der Waals surface area contributed by atoms with Crippen LogP contribution in [-0.4, -0.2) is 35.7 Å². The zero-order valence-corrected chi connectivity index (χ0v) is 15.1. The summed E-state index contributed by atoms with van der Waals surface area (Å²) in [6.07, 6.45) is 4.28. The predicted molar refractivity (Wildman–Crippen MR) is 95.9 cm³/mol. The first kappa shape index (κ1) is 17.3. The molecule has 2 aliphatic carbocycles. The zero-order valence-electron chi connectivity index (χ0n) is 15.1. The number of ether oxygens (including phenoxy) is 1. The summed E-state index contributed by atoms with van der Waals surface area (Å²) in [5.41, 5.74) is 6.97. The Hall–Kier alpha value is -1.55. The van der Waals surface area contributed by atoms with Gasteiger partial charge >= 0.3 is 6.09 Å². The van der Waals surface area contributed by atoms with Gasteiger partial charge in [0.1, 0.15) is 5.60 Å². The molecule has 1 aromatic rings. The normalized spacial score (nSPS) is 24.8. The molecular weight excluding hydrogens is 300 g/mol. The van der Waals surface area contributed by atoms with Crippen LogP contribution in [0.3, 0.4) is 0 Å². The Morgan fingerprint density at radius 2 is 1.96 bits per heavy atom. The topological polar surface area (TPSA) is 55.6 Å². The van der Waals surface area contributed by atoms with Crippen LogP contribution in [0.5, 0.6) is 0 Å². The van der Waals surface area contributed by atoms with Gasteiger partial charge in [0.15, 0.2) is 0 Å². The fourth-order valence-electron chi connectivity index (χ4n) is 3.69. The van der Waals surface area contributed by atoms with E-state index in [1.165, 1.54) is 12.0 Å². The van der Waals surface area contributed by atoms with Gasteiger partial charge in [0.2, 0.25) is 0 Å². The van der Waals surface area contributed by atoms with Gasteiger partial charge in [-0.3, -0.25) is 0 Å². The van der Waals surface area contributed by atoms with E-state index in [4.69, 9.17) is 10.5 Å². The number of amides is 1. The van der Waals surface area contributed by atoms with Crippen molar-refractivity contribution >= 4 is 6.09 Å². The molecule has 0 spiro atoms. The smallest absolute Gasteiger partial charge is 0.410 e. The number of nitrogens with zero attached hydrogens (tertiary/aromatic N) is 1. The summed E-state index contributed by atoms with van der Waals surface area (Å²) in [6.45, 7) is 7.15. The Morgan fingerprint density at radius 1 is 1.29 bits per heavy atom. The Labute approximate surface area is 145 Å². The molecule has 0 aromatic heterocycles. The monoisotopic (exact) mass is 330 g/mol. The van der Waals surface area contributed by atoms with Gasteiger partial charge in [-0.25, -0.2) is 4.79 Å². The van der Waals surface area contributed by atoms with Gasteiger partial charge in [0.25, 0.3) is 0 Å². The maximum absolute atomic E-state index is 12.8. The molecule has 0 aliphatic heterocycles. The maximum Gasteiger partial charge on any atom is 0.410 e. The molecule has 0 unspecified atom stereocenters. The Balaban J connectivity index is 1.74. The lowest BCUT2D eigenvalue weighted by Crippen LogP contribution is -2.50. The summed E-state index contributed by atoms with van der Waals surface area (Å²) < 4.78 is 5.69. The third-order valence-electron chi connectivity index (χ3n) is 5.37. The molecule has 2 atom stereocenters. The highest BCUT2D eigenvalue weighted by Gasteiger charge is 2.49. The molecule has 132 valence electrons. The number of rotatable bonds is 5. The molecule has 0 bridgehead atoms. The van der Waals surface area contributed by atoms with Gasteiger partial charge in [0, 0.05) is 23.9 Å². The molecule has 24 heavy (non-hydrogen) atoms. The molecule has 4 nitrogen and oxygen atoms in total. The molecule has 2 N–H and O–H groups in total. The second-order valence-corrected chi connectivity index (χ2v) is 8.49. The minimum atomic E-state index is -0.470. The predicted octanol–water partition coefficient (Wildman–Crippen LogP) is 3.91. The SMILES string of the molecule is CC(C)(C)OC(=O)N(CC1(CN)CCC1)[C@H]1C[C@@H]1c1ccccc1. The number of hydrogen-bond acceptors (Lipinski definition) is 3. The number of nitrogens with two attached hydrogens (primary N) is 1. The van der Waals surface area contributed by atoms with E-state index in [-0.39, 0.29) is 17.6 Å². The van der Waals surface area contributed by atoms with Crippen molar-refractivity contribution in [1.82, 2.24) is 4.90 Å². The standard InChI is InChI=1S/C20H30N2O2/c1-19(2,3)24-18(23)22(14-20(13-21)10-7-11-20)17-12-16(17)15-8-5-4-6-9-15/h4-6,8-9,16-17H,7,10-14,21H2,1-3H3/t16-,17+/m1/s1. The van der Waals surface area contributed by atoms with Crippen LogP contribution in [0.4, 0.5) is 4.79 Å². The minimum Gasteiger partial charge on any atom is -0.444 e. The summed E-state index contributed by atoms with van der Waals surface area (Å²) in [7, 11) is 0. The highest BCUT2D eigenvalue weighted by atomic mass is 16.6. The average Bonchev–Trinajstić information content (AvgIpc) is 3.26. The first-order chi connectivity index (χ1) is 11.3. The van der Waals surface area contributed by atoms with Crippen molar-refractivity contribution in [3.8, 4) is 0 Å². The van der Waals surface area contributed by atoms with E-state index in [1.807, 2.05) is 31.7 Å². The van der Waals surface area contributed by atoms with E-state index < -0.39 is 5.60 Å². The van der Waals surface area contributed by atoms with Gasteiger partial charge in [-0.1, -0.05) is 36.8 Å². The van der Waals surface area contributed by atoms with Gasteiger partial charge in [-0.05, 0) is 52.1 Å². The van der Waals surface area contributed by atoms with E-state index in [0.717, 1.165) is 25.8 Å². The van der Waals surface area contributed by atoms with Gasteiger partial charge in [0.05, 0.1) is 0 Å². The molecule has 4 heteroatoms. The average molecular weight is 330 g/mol. The van der Waals surface area contributed by atoms with Crippen LogP contribution in [0.1, 0.15) is 57.9 Å². The highest BCUT2D eigenvalue weighted by molar-refractivity contribution is 5.69. The van der Waals surface area contributed by atoms with Crippen molar-refractivity contribution in [3.05, 3.63) is 35.9 Å². The van der Waals surface area contributed by atoms with Crippen LogP contribution in [0.25, 0.3) is 0 Å². The van der Waals surface area contributed by atoms with Crippen LogP contribution >= 0.6 is 0 Å². The third kappa shape index (κ3) is 3.75. The first-order valence-electron chi connectivity index (χ1n) is 9.08. The molecular formula is C20H30N2O2. The fraction of sp³-hybridized carbons (Fsp3) is 0.650. The van der Waals surface area contributed by atoms with Gasteiger partial charge < -0.3 is 15.4 Å². The lowest BCUT2D eigenvalue weighted by atomic mass is 9.68. The number of carbonyl (C=O) groups excluding carboxylic acids is 1. The first-order valence-corrected chi connectivity index (χ1v) is 9.08. The third-order valence-corrected chi connectivity index (χ3v) is 5.37. The minimum absolute atomic E-state index is 0.0979. The summed E-state index contributed by atoms with van der Waals surface area (Å²) >= 11 is 0. The van der Waals surface area contributed by atoms with Crippen LogP contribution < -0.4 is 5.73 Å². The second kappa shape index (κ2) is 6.40. The van der Waals surface area contributed by atoms with Crippen molar-refractivity contribution in [3.63, 3.8) is 0 Å². The molecule has 1 aromatic carbocycles. The Morgan fingerprint density at radius 3 is 2.46 bits per heavy atom. The van der Waals surface area contributed by atoms with Crippen LogP contribution in [0, 0.1) is 5.41 Å². The van der Waals surface area contributed by atoms with Crippen molar-refractivity contribution in [2.75, 3.05) is 13.1 Å². The number of carbonyl (C=O) groups is 1. The zero-order chi connectivity index (χ0) is 17.4. The van der Waals surface area contributed by atoms with E-state index in [2.05, 4.69) is 24.3 Å². The highest BCUT2D eigenvalue weighted by Crippen LogP contribution is 2.48. The summed E-state index contributed by atoms with van der Waals surface area (Å²) in [5.74, 6) is 0.425.